The third-order valence-electron chi connectivity index (χ3n) is 2.26. The number of carbonyl (C=O) groups is 1. The number of aryl methyl sites for hydroxylation is 1. The van der Waals surface area contributed by atoms with Crippen LogP contribution in [0.4, 0.5) is 0 Å². The van der Waals surface area contributed by atoms with Gasteiger partial charge in [0, 0.05) is 16.5 Å². The van der Waals surface area contributed by atoms with E-state index in [-0.39, 0.29) is 5.24 Å². The number of halogens is 3. The predicted octanol–water partition coefficient (Wildman–Crippen LogP) is 4.86. The van der Waals surface area contributed by atoms with E-state index in [2.05, 4.69) is 0 Å². The van der Waals surface area contributed by atoms with Crippen molar-refractivity contribution in [1.29, 1.82) is 0 Å². The first-order valence-electron chi connectivity index (χ1n) is 5.21. The van der Waals surface area contributed by atoms with E-state index >= 15 is 0 Å². The zero-order valence-corrected chi connectivity index (χ0v) is 11.1. The van der Waals surface area contributed by atoms with Crippen LogP contribution in [0.1, 0.15) is 31.2 Å². The van der Waals surface area contributed by atoms with E-state index in [1.54, 1.807) is 6.07 Å². The molecule has 1 nitrogen and oxygen atoms in total. The Morgan fingerprint density at radius 2 is 1.62 bits per heavy atom. The third kappa shape index (κ3) is 5.74. The molecule has 0 heterocycles. The second-order valence-electron chi connectivity index (χ2n) is 3.69. The van der Waals surface area contributed by atoms with Gasteiger partial charge >= 0.3 is 0 Å². The maximum absolute atomic E-state index is 10.5. The minimum Gasteiger partial charge on any atom is -0.281 e. The minimum absolute atomic E-state index is 0.259. The van der Waals surface area contributed by atoms with Crippen molar-refractivity contribution < 1.29 is 4.79 Å². The molecule has 0 spiro atoms. The van der Waals surface area contributed by atoms with E-state index in [1.807, 2.05) is 12.1 Å². The fraction of sp³-hybridized carbons (Fsp3) is 0.417. The first kappa shape index (κ1) is 13.8. The average molecular weight is 280 g/mol. The van der Waals surface area contributed by atoms with E-state index < -0.39 is 0 Å². The highest BCUT2D eigenvalue weighted by Gasteiger charge is 2.00. The van der Waals surface area contributed by atoms with Crippen LogP contribution in [0, 0.1) is 0 Å². The zero-order valence-electron chi connectivity index (χ0n) is 8.81. The highest BCUT2D eigenvalue weighted by atomic mass is 35.5. The minimum atomic E-state index is -0.259. The molecular weight excluding hydrogens is 266 g/mol. The summed E-state index contributed by atoms with van der Waals surface area (Å²) in [6.07, 6.45) is 4.23. The molecule has 0 unspecified atom stereocenters. The number of carbonyl (C=O) groups excluding carboxylic acids is 1. The summed E-state index contributed by atoms with van der Waals surface area (Å²) in [6, 6.07) is 5.55. The molecule has 16 heavy (non-hydrogen) atoms. The number of rotatable bonds is 6. The molecule has 88 valence electrons. The lowest BCUT2D eigenvalue weighted by atomic mass is 10.1. The van der Waals surface area contributed by atoms with E-state index in [9.17, 15) is 4.79 Å². The predicted molar refractivity (Wildman–Crippen MR) is 69.5 cm³/mol. The molecule has 0 saturated heterocycles. The Balaban J connectivity index is 2.29. The monoisotopic (exact) mass is 278 g/mol. The molecule has 0 aliphatic carbocycles. The van der Waals surface area contributed by atoms with Crippen LogP contribution in [-0.4, -0.2) is 5.24 Å². The normalized spacial score (nSPS) is 10.4. The number of hydrogen-bond acceptors (Lipinski definition) is 1. The highest BCUT2D eigenvalue weighted by Crippen LogP contribution is 2.20. The van der Waals surface area contributed by atoms with Crippen LogP contribution in [-0.2, 0) is 11.2 Å². The van der Waals surface area contributed by atoms with Crippen molar-refractivity contribution in [3.05, 3.63) is 33.8 Å². The molecule has 0 fully saturated rings. The fourth-order valence-electron chi connectivity index (χ4n) is 1.53. The summed E-state index contributed by atoms with van der Waals surface area (Å²) in [5.74, 6) is 0. The van der Waals surface area contributed by atoms with Gasteiger partial charge in [-0.2, -0.15) is 0 Å². The molecule has 0 bridgehead atoms. The standard InChI is InChI=1S/C12H13Cl3O/c13-10-6-9(7-11(14)8-10)4-2-1-3-5-12(15)16/h6-8H,1-5H2. The van der Waals surface area contributed by atoms with Crippen LogP contribution >= 0.6 is 34.8 Å². The van der Waals surface area contributed by atoms with Gasteiger partial charge in [-0.1, -0.05) is 29.6 Å². The van der Waals surface area contributed by atoms with Crippen molar-refractivity contribution in [3.63, 3.8) is 0 Å². The molecular formula is C12H13Cl3O. The van der Waals surface area contributed by atoms with Crippen molar-refractivity contribution in [2.24, 2.45) is 0 Å². The Morgan fingerprint density at radius 1 is 1.00 bits per heavy atom. The maximum Gasteiger partial charge on any atom is 0.221 e. The van der Waals surface area contributed by atoms with Crippen LogP contribution < -0.4 is 0 Å². The number of benzene rings is 1. The molecule has 0 amide bonds. The second kappa shape index (κ2) is 7.16. The van der Waals surface area contributed by atoms with Gasteiger partial charge in [0.15, 0.2) is 0 Å². The Kier molecular flexibility index (Phi) is 6.18. The van der Waals surface area contributed by atoms with Crippen LogP contribution in [0.3, 0.4) is 0 Å². The van der Waals surface area contributed by atoms with Gasteiger partial charge in [-0.15, -0.1) is 0 Å². The molecule has 1 aromatic carbocycles. The van der Waals surface area contributed by atoms with Crippen LogP contribution in [0.2, 0.25) is 10.0 Å². The SMILES string of the molecule is O=C(Cl)CCCCCc1cc(Cl)cc(Cl)c1. The molecule has 0 aromatic heterocycles. The fourth-order valence-corrected chi connectivity index (χ4v) is 2.23. The second-order valence-corrected chi connectivity index (χ2v) is 4.99. The molecule has 0 saturated carbocycles. The van der Waals surface area contributed by atoms with Gasteiger partial charge in [-0.25, -0.2) is 0 Å². The Labute approximate surface area is 111 Å². The largest absolute Gasteiger partial charge is 0.281 e. The quantitative estimate of drug-likeness (QED) is 0.537. The van der Waals surface area contributed by atoms with Gasteiger partial charge in [0.1, 0.15) is 0 Å². The van der Waals surface area contributed by atoms with Gasteiger partial charge in [0.2, 0.25) is 5.24 Å². The van der Waals surface area contributed by atoms with E-state index in [4.69, 9.17) is 34.8 Å². The molecule has 0 N–H and O–H groups in total. The van der Waals surface area contributed by atoms with Crippen LogP contribution in [0.25, 0.3) is 0 Å². The van der Waals surface area contributed by atoms with Crippen molar-refractivity contribution in [2.45, 2.75) is 32.1 Å². The lowest BCUT2D eigenvalue weighted by Gasteiger charge is -2.03. The summed E-state index contributed by atoms with van der Waals surface area (Å²) in [6.45, 7) is 0. The van der Waals surface area contributed by atoms with Crippen LogP contribution in [0.15, 0.2) is 18.2 Å². The topological polar surface area (TPSA) is 17.1 Å². The van der Waals surface area contributed by atoms with E-state index in [0.717, 1.165) is 31.2 Å². The van der Waals surface area contributed by atoms with Gasteiger partial charge in [0.25, 0.3) is 0 Å². The first-order chi connectivity index (χ1) is 7.58. The Hall–Kier alpha value is -0.240. The van der Waals surface area contributed by atoms with Gasteiger partial charge in [0.05, 0.1) is 0 Å². The Bertz CT molecular complexity index is 343. The van der Waals surface area contributed by atoms with E-state index in [0.29, 0.717) is 16.5 Å². The molecule has 0 radical (unpaired) electrons. The summed E-state index contributed by atoms with van der Waals surface area (Å²) >= 11 is 17.0. The molecule has 1 aromatic rings. The van der Waals surface area contributed by atoms with E-state index in [1.165, 1.54) is 0 Å². The zero-order chi connectivity index (χ0) is 12.0. The number of unbranched alkanes of at least 4 members (excludes halogenated alkanes) is 2. The van der Waals surface area contributed by atoms with Crippen molar-refractivity contribution in [1.82, 2.24) is 0 Å². The van der Waals surface area contributed by atoms with Gasteiger partial charge in [-0.3, -0.25) is 4.79 Å². The highest BCUT2D eigenvalue weighted by molar-refractivity contribution is 6.63. The summed E-state index contributed by atoms with van der Waals surface area (Å²) < 4.78 is 0. The van der Waals surface area contributed by atoms with Gasteiger partial charge in [-0.05, 0) is 54.6 Å². The molecule has 4 heteroatoms. The van der Waals surface area contributed by atoms with Crippen LogP contribution in [0.5, 0.6) is 0 Å². The molecule has 1 rings (SSSR count). The van der Waals surface area contributed by atoms with Crippen molar-refractivity contribution in [2.75, 3.05) is 0 Å². The summed E-state index contributed by atoms with van der Waals surface area (Å²) in [5, 5.41) is 1.07. The summed E-state index contributed by atoms with van der Waals surface area (Å²) in [5.41, 5.74) is 1.13. The van der Waals surface area contributed by atoms with Crippen molar-refractivity contribution >= 4 is 40.0 Å². The average Bonchev–Trinajstić information content (AvgIpc) is 2.15. The van der Waals surface area contributed by atoms with Gasteiger partial charge < -0.3 is 0 Å². The third-order valence-corrected chi connectivity index (χ3v) is 2.89. The maximum atomic E-state index is 10.5. The lowest BCUT2D eigenvalue weighted by Crippen LogP contribution is -1.89. The smallest absolute Gasteiger partial charge is 0.221 e. The summed E-state index contributed by atoms with van der Waals surface area (Å²) in [7, 11) is 0. The first-order valence-corrected chi connectivity index (χ1v) is 6.34. The van der Waals surface area contributed by atoms with Crippen molar-refractivity contribution in [3.8, 4) is 0 Å². The number of hydrogen-bond donors (Lipinski definition) is 0. The lowest BCUT2D eigenvalue weighted by molar-refractivity contribution is -0.111. The molecule has 0 atom stereocenters. The summed E-state index contributed by atoms with van der Waals surface area (Å²) in [4.78, 5) is 10.5. The molecule has 0 aliphatic heterocycles. The Morgan fingerprint density at radius 3 is 2.19 bits per heavy atom. The molecule has 0 aliphatic rings.